The molecule has 1 saturated carbocycles. The van der Waals surface area contributed by atoms with Crippen LogP contribution in [0, 0.1) is 16.0 Å². The molecule has 8 nitrogen and oxygen atoms in total. The molecule has 1 aliphatic carbocycles. The van der Waals surface area contributed by atoms with E-state index in [9.17, 15) is 19.7 Å². The first-order valence-corrected chi connectivity index (χ1v) is 9.37. The Labute approximate surface area is 168 Å². The van der Waals surface area contributed by atoms with Crippen LogP contribution in [0.5, 0.6) is 0 Å². The normalized spacial score (nSPS) is 17.9. The van der Waals surface area contributed by atoms with Gasteiger partial charge in [-0.15, -0.1) is 0 Å². The van der Waals surface area contributed by atoms with Crippen LogP contribution in [0.15, 0.2) is 48.5 Å². The third kappa shape index (κ3) is 5.10. The third-order valence-electron chi connectivity index (χ3n) is 4.95. The topological polar surface area (TPSA) is 113 Å². The molecule has 3 amide bonds. The number of hydrogen-bond acceptors (Lipinski definition) is 4. The number of hydrogen-bond donors (Lipinski definition) is 3. The van der Waals surface area contributed by atoms with Crippen LogP contribution in [0.1, 0.15) is 44.2 Å². The number of nitro groups is 1. The van der Waals surface area contributed by atoms with Crippen molar-refractivity contribution < 1.29 is 14.5 Å². The highest BCUT2D eigenvalue weighted by atomic mass is 16.6. The summed E-state index contributed by atoms with van der Waals surface area (Å²) in [5.41, 5.74) is 7.24. The van der Waals surface area contributed by atoms with E-state index in [2.05, 4.69) is 61.2 Å². The fourth-order valence-electron chi connectivity index (χ4n) is 3.15. The van der Waals surface area contributed by atoms with Crippen LogP contribution in [0.25, 0.3) is 0 Å². The Morgan fingerprint density at radius 2 is 1.76 bits per heavy atom. The molecule has 8 heteroatoms. The zero-order valence-electron chi connectivity index (χ0n) is 16.6. The summed E-state index contributed by atoms with van der Waals surface area (Å²) in [5, 5.41) is 13.2. The lowest BCUT2D eigenvalue weighted by molar-refractivity contribution is -0.384. The number of nitro benzene ring substituents is 1. The standard InChI is InChI=1S/C21H24N4O4/c1-21(2,3)14-9-7-13(8-10-14)17-12-18(17)19(26)23-24-20(27)22-15-5-4-6-16(11-15)25(28)29/h4-11,17-18H,12H2,1-3H3,(H,23,26)(H2,22,24,27)/t17-,18+/m0/s1. The fourth-order valence-corrected chi connectivity index (χ4v) is 3.15. The maximum Gasteiger partial charge on any atom is 0.337 e. The Hall–Kier alpha value is -3.42. The SMILES string of the molecule is CC(C)(C)c1ccc([C@@H]2C[C@H]2C(=O)NNC(=O)Nc2cccc([N+](=O)[O-])c2)cc1. The predicted octanol–water partition coefficient (Wildman–Crippen LogP) is 3.85. The number of carbonyl (C=O) groups excluding carboxylic acids is 2. The van der Waals surface area contributed by atoms with Crippen LogP contribution >= 0.6 is 0 Å². The second-order valence-electron chi connectivity index (χ2n) is 8.20. The monoisotopic (exact) mass is 396 g/mol. The van der Waals surface area contributed by atoms with Gasteiger partial charge in [0.1, 0.15) is 0 Å². The van der Waals surface area contributed by atoms with Crippen molar-refractivity contribution in [3.8, 4) is 0 Å². The molecule has 3 N–H and O–H groups in total. The summed E-state index contributed by atoms with van der Waals surface area (Å²) < 4.78 is 0. The van der Waals surface area contributed by atoms with Crippen molar-refractivity contribution in [2.45, 2.75) is 38.5 Å². The van der Waals surface area contributed by atoms with Gasteiger partial charge in [-0.3, -0.25) is 20.3 Å². The van der Waals surface area contributed by atoms with Gasteiger partial charge in [0, 0.05) is 23.7 Å². The molecule has 0 saturated heterocycles. The molecule has 29 heavy (non-hydrogen) atoms. The number of nitrogens with zero attached hydrogens (tertiary/aromatic N) is 1. The van der Waals surface area contributed by atoms with E-state index in [1.165, 1.54) is 29.8 Å². The molecule has 0 spiro atoms. The maximum atomic E-state index is 12.3. The molecular formula is C21H24N4O4. The molecule has 0 radical (unpaired) electrons. The van der Waals surface area contributed by atoms with Crippen molar-refractivity contribution in [1.82, 2.24) is 10.9 Å². The third-order valence-corrected chi connectivity index (χ3v) is 4.95. The predicted molar refractivity (Wildman–Crippen MR) is 109 cm³/mol. The number of benzene rings is 2. The number of amides is 3. The lowest BCUT2D eigenvalue weighted by Gasteiger charge is -2.19. The number of nitrogens with one attached hydrogen (secondary N) is 3. The Morgan fingerprint density at radius 1 is 1.07 bits per heavy atom. The molecular weight excluding hydrogens is 372 g/mol. The van der Waals surface area contributed by atoms with E-state index in [4.69, 9.17) is 0 Å². The van der Waals surface area contributed by atoms with Crippen LogP contribution in [0.4, 0.5) is 16.2 Å². The first-order valence-electron chi connectivity index (χ1n) is 9.37. The summed E-state index contributed by atoms with van der Waals surface area (Å²) >= 11 is 0. The van der Waals surface area contributed by atoms with E-state index in [0.717, 1.165) is 12.0 Å². The van der Waals surface area contributed by atoms with E-state index in [-0.39, 0.29) is 34.5 Å². The minimum absolute atomic E-state index is 0.0787. The zero-order chi connectivity index (χ0) is 21.2. The number of anilines is 1. The second-order valence-corrected chi connectivity index (χ2v) is 8.20. The maximum absolute atomic E-state index is 12.3. The molecule has 152 valence electrons. The van der Waals surface area contributed by atoms with Crippen LogP contribution in [0.2, 0.25) is 0 Å². The second kappa shape index (κ2) is 7.90. The Balaban J connectivity index is 1.48. The minimum atomic E-state index is -0.675. The van der Waals surface area contributed by atoms with Gasteiger partial charge in [0.2, 0.25) is 5.91 Å². The number of non-ortho nitro benzene ring substituents is 1. The van der Waals surface area contributed by atoms with Crippen molar-refractivity contribution in [3.63, 3.8) is 0 Å². The lowest BCUT2D eigenvalue weighted by atomic mass is 9.86. The largest absolute Gasteiger partial charge is 0.337 e. The molecule has 1 fully saturated rings. The van der Waals surface area contributed by atoms with Crippen molar-refractivity contribution in [3.05, 3.63) is 69.8 Å². The average Bonchev–Trinajstić information content (AvgIpc) is 3.46. The molecule has 2 atom stereocenters. The van der Waals surface area contributed by atoms with E-state index in [0.29, 0.717) is 0 Å². The quantitative estimate of drug-likeness (QED) is 0.538. The first kappa shape index (κ1) is 20.3. The van der Waals surface area contributed by atoms with Crippen LogP contribution < -0.4 is 16.2 Å². The van der Waals surface area contributed by atoms with Gasteiger partial charge in [-0.05, 0) is 34.9 Å². The summed E-state index contributed by atoms with van der Waals surface area (Å²) in [6.07, 6.45) is 0.731. The van der Waals surface area contributed by atoms with Gasteiger partial charge in [-0.25, -0.2) is 10.2 Å². The number of carbonyl (C=O) groups is 2. The van der Waals surface area contributed by atoms with Gasteiger partial charge in [-0.2, -0.15) is 0 Å². The lowest BCUT2D eigenvalue weighted by Crippen LogP contribution is -2.44. The van der Waals surface area contributed by atoms with Gasteiger partial charge in [0.25, 0.3) is 5.69 Å². The highest BCUT2D eigenvalue weighted by Crippen LogP contribution is 2.47. The Bertz CT molecular complexity index is 934. The van der Waals surface area contributed by atoms with Crippen LogP contribution in [-0.4, -0.2) is 16.9 Å². The number of urea groups is 1. The molecule has 0 unspecified atom stereocenters. The number of rotatable bonds is 4. The molecule has 3 rings (SSSR count). The average molecular weight is 396 g/mol. The summed E-state index contributed by atoms with van der Waals surface area (Å²) in [7, 11) is 0. The van der Waals surface area contributed by atoms with E-state index in [1.807, 2.05) is 0 Å². The molecule has 0 bridgehead atoms. The molecule has 1 aliphatic rings. The van der Waals surface area contributed by atoms with Crippen molar-refractivity contribution in [2.75, 3.05) is 5.32 Å². The van der Waals surface area contributed by atoms with Gasteiger partial charge >= 0.3 is 6.03 Å². The Kier molecular flexibility index (Phi) is 5.54. The summed E-state index contributed by atoms with van der Waals surface area (Å²) in [6, 6.07) is 13.2. The van der Waals surface area contributed by atoms with Crippen molar-refractivity contribution >= 4 is 23.3 Å². The number of hydrazine groups is 1. The molecule has 0 aliphatic heterocycles. The fraction of sp³-hybridized carbons (Fsp3) is 0.333. The molecule has 2 aromatic carbocycles. The van der Waals surface area contributed by atoms with Gasteiger partial charge in [-0.1, -0.05) is 51.1 Å². The van der Waals surface area contributed by atoms with E-state index in [1.54, 1.807) is 0 Å². The molecule has 2 aromatic rings. The van der Waals surface area contributed by atoms with E-state index >= 15 is 0 Å². The summed E-state index contributed by atoms with van der Waals surface area (Å²) in [5.74, 6) is -0.302. The van der Waals surface area contributed by atoms with Gasteiger partial charge in [0.15, 0.2) is 0 Å². The van der Waals surface area contributed by atoms with E-state index < -0.39 is 11.0 Å². The van der Waals surface area contributed by atoms with Crippen molar-refractivity contribution in [2.24, 2.45) is 5.92 Å². The van der Waals surface area contributed by atoms with Gasteiger partial charge < -0.3 is 5.32 Å². The van der Waals surface area contributed by atoms with Crippen LogP contribution in [-0.2, 0) is 10.2 Å². The molecule has 0 aromatic heterocycles. The van der Waals surface area contributed by atoms with Gasteiger partial charge in [0.05, 0.1) is 4.92 Å². The highest BCUT2D eigenvalue weighted by Gasteiger charge is 2.44. The zero-order valence-corrected chi connectivity index (χ0v) is 16.6. The minimum Gasteiger partial charge on any atom is -0.306 e. The summed E-state index contributed by atoms with van der Waals surface area (Å²) in [4.78, 5) is 34.4. The van der Waals surface area contributed by atoms with Crippen molar-refractivity contribution in [1.29, 1.82) is 0 Å². The highest BCUT2D eigenvalue weighted by molar-refractivity contribution is 5.92. The molecule has 0 heterocycles. The summed E-state index contributed by atoms with van der Waals surface area (Å²) in [6.45, 7) is 6.46. The Morgan fingerprint density at radius 3 is 2.38 bits per heavy atom. The smallest absolute Gasteiger partial charge is 0.306 e. The first-order chi connectivity index (χ1) is 13.6. The van der Waals surface area contributed by atoms with Crippen LogP contribution in [0.3, 0.4) is 0 Å².